The highest BCUT2D eigenvalue weighted by molar-refractivity contribution is 9.10. The van der Waals surface area contributed by atoms with Crippen molar-refractivity contribution >= 4 is 56.5 Å². The van der Waals surface area contributed by atoms with E-state index < -0.39 is 0 Å². The molecule has 0 unspecified atom stereocenters. The number of carbonyl (C=O) groups excluding carboxylic acids is 1. The number of benzene rings is 1. The van der Waals surface area contributed by atoms with Gasteiger partial charge in [0.05, 0.1) is 20.2 Å². The summed E-state index contributed by atoms with van der Waals surface area (Å²) in [6, 6.07) is 6.14. The zero-order chi connectivity index (χ0) is 13.8. The van der Waals surface area contributed by atoms with Crippen molar-refractivity contribution in [2.45, 2.75) is 0 Å². The van der Waals surface area contributed by atoms with Gasteiger partial charge in [0, 0.05) is 18.1 Å². The van der Waals surface area contributed by atoms with E-state index in [4.69, 9.17) is 23.2 Å². The molecule has 98 valence electrons. The lowest BCUT2D eigenvalue weighted by molar-refractivity contribution is 0.262. The van der Waals surface area contributed by atoms with E-state index in [9.17, 15) is 4.79 Å². The average Bonchev–Trinajstić information content (AvgIpc) is 2.37. The fourth-order valence-corrected chi connectivity index (χ4v) is 1.98. The third kappa shape index (κ3) is 3.83. The summed E-state index contributed by atoms with van der Waals surface area (Å²) in [7, 11) is 0. The predicted molar refractivity (Wildman–Crippen MR) is 81.0 cm³/mol. The lowest BCUT2D eigenvalue weighted by Gasteiger charge is -2.09. The maximum absolute atomic E-state index is 11.8. The van der Waals surface area contributed by atoms with Crippen LogP contribution in [0.15, 0.2) is 41.1 Å². The van der Waals surface area contributed by atoms with Gasteiger partial charge in [0.1, 0.15) is 0 Å². The van der Waals surface area contributed by atoms with Crippen molar-refractivity contribution in [2.75, 3.05) is 10.6 Å². The summed E-state index contributed by atoms with van der Waals surface area (Å²) in [4.78, 5) is 15.7. The second-order valence-corrected chi connectivity index (χ2v) is 5.23. The van der Waals surface area contributed by atoms with Crippen molar-refractivity contribution in [3.8, 4) is 0 Å². The summed E-state index contributed by atoms with van der Waals surface area (Å²) in [5.41, 5.74) is 1.17. The summed E-state index contributed by atoms with van der Waals surface area (Å²) in [6.45, 7) is 0. The molecule has 1 aromatic carbocycles. The Labute approximate surface area is 128 Å². The maximum Gasteiger partial charge on any atom is 0.323 e. The SMILES string of the molecule is O=C(Nc1ccc(Cl)c(Cl)c1)Nc1ccncc1Br. The zero-order valence-electron chi connectivity index (χ0n) is 9.45. The van der Waals surface area contributed by atoms with Gasteiger partial charge in [-0.2, -0.15) is 0 Å². The third-order valence-electron chi connectivity index (χ3n) is 2.20. The molecule has 0 saturated heterocycles. The topological polar surface area (TPSA) is 54.0 Å². The molecule has 0 bridgehead atoms. The van der Waals surface area contributed by atoms with E-state index in [-0.39, 0.29) is 6.03 Å². The molecule has 2 aromatic rings. The Hall–Kier alpha value is -1.30. The normalized spacial score (nSPS) is 10.1. The summed E-state index contributed by atoms with van der Waals surface area (Å²) in [5.74, 6) is 0. The van der Waals surface area contributed by atoms with Gasteiger partial charge in [-0.1, -0.05) is 23.2 Å². The number of hydrogen-bond acceptors (Lipinski definition) is 2. The number of pyridine rings is 1. The van der Waals surface area contributed by atoms with Crippen LogP contribution in [0.1, 0.15) is 0 Å². The molecule has 7 heteroatoms. The van der Waals surface area contributed by atoms with Gasteiger partial charge in [0.2, 0.25) is 0 Å². The molecule has 0 aliphatic carbocycles. The number of carbonyl (C=O) groups is 1. The van der Waals surface area contributed by atoms with Crippen molar-refractivity contribution in [3.05, 3.63) is 51.2 Å². The number of anilines is 2. The third-order valence-corrected chi connectivity index (χ3v) is 3.57. The number of amides is 2. The molecular weight excluding hydrogens is 353 g/mol. The van der Waals surface area contributed by atoms with Crippen molar-refractivity contribution in [1.29, 1.82) is 0 Å². The van der Waals surface area contributed by atoms with Crippen LogP contribution in [0.5, 0.6) is 0 Å². The quantitative estimate of drug-likeness (QED) is 0.808. The summed E-state index contributed by atoms with van der Waals surface area (Å²) in [5, 5.41) is 6.15. The first-order valence-corrected chi connectivity index (χ1v) is 6.74. The highest BCUT2D eigenvalue weighted by atomic mass is 79.9. The van der Waals surface area contributed by atoms with Gasteiger partial charge >= 0.3 is 6.03 Å². The smallest absolute Gasteiger partial charge is 0.308 e. The minimum atomic E-state index is -0.384. The van der Waals surface area contributed by atoms with Gasteiger partial charge in [-0.15, -0.1) is 0 Å². The van der Waals surface area contributed by atoms with Crippen LogP contribution in [0.2, 0.25) is 10.0 Å². The van der Waals surface area contributed by atoms with Crippen molar-refractivity contribution < 1.29 is 4.79 Å². The summed E-state index contributed by atoms with van der Waals surface area (Å²) < 4.78 is 0.694. The minimum absolute atomic E-state index is 0.379. The van der Waals surface area contributed by atoms with Gasteiger partial charge in [0.25, 0.3) is 0 Å². The van der Waals surface area contributed by atoms with Crippen molar-refractivity contribution in [3.63, 3.8) is 0 Å². The van der Waals surface area contributed by atoms with Crippen LogP contribution in [0, 0.1) is 0 Å². The molecule has 19 heavy (non-hydrogen) atoms. The average molecular weight is 361 g/mol. The Morgan fingerprint density at radius 1 is 1.16 bits per heavy atom. The first-order chi connectivity index (χ1) is 9.06. The number of halogens is 3. The van der Waals surface area contributed by atoms with Crippen molar-refractivity contribution in [2.24, 2.45) is 0 Å². The first kappa shape index (κ1) is 14.1. The van der Waals surface area contributed by atoms with Crippen LogP contribution in [0.4, 0.5) is 16.2 Å². The Morgan fingerprint density at radius 3 is 2.63 bits per heavy atom. The van der Waals surface area contributed by atoms with E-state index >= 15 is 0 Å². The summed E-state index contributed by atoms with van der Waals surface area (Å²) in [6.07, 6.45) is 3.17. The van der Waals surface area contributed by atoms with Gasteiger partial charge in [-0.25, -0.2) is 4.79 Å². The van der Waals surface area contributed by atoms with Gasteiger partial charge in [0.15, 0.2) is 0 Å². The number of urea groups is 1. The van der Waals surface area contributed by atoms with Crippen LogP contribution in [0.25, 0.3) is 0 Å². The number of rotatable bonds is 2. The Kier molecular flexibility index (Phi) is 4.63. The Balaban J connectivity index is 2.05. The molecule has 2 rings (SSSR count). The fraction of sp³-hybridized carbons (Fsp3) is 0. The Morgan fingerprint density at radius 2 is 1.95 bits per heavy atom. The van der Waals surface area contributed by atoms with Crippen LogP contribution >= 0.6 is 39.1 Å². The molecule has 2 N–H and O–H groups in total. The molecular formula is C12H8BrCl2N3O. The minimum Gasteiger partial charge on any atom is -0.308 e. The van der Waals surface area contributed by atoms with Crippen LogP contribution in [-0.2, 0) is 0 Å². The fourth-order valence-electron chi connectivity index (χ4n) is 1.34. The molecule has 1 aromatic heterocycles. The number of aromatic nitrogens is 1. The lowest BCUT2D eigenvalue weighted by atomic mass is 10.3. The van der Waals surface area contributed by atoms with E-state index in [0.717, 1.165) is 0 Å². The van der Waals surface area contributed by atoms with E-state index in [1.54, 1.807) is 36.7 Å². The number of nitrogens with one attached hydrogen (secondary N) is 2. The molecule has 0 spiro atoms. The maximum atomic E-state index is 11.8. The van der Waals surface area contributed by atoms with Gasteiger partial charge in [-0.3, -0.25) is 4.98 Å². The monoisotopic (exact) mass is 359 g/mol. The van der Waals surface area contributed by atoms with E-state index in [1.165, 1.54) is 0 Å². The molecule has 0 radical (unpaired) electrons. The molecule has 0 fully saturated rings. The van der Waals surface area contributed by atoms with Crippen LogP contribution in [0.3, 0.4) is 0 Å². The molecule has 0 aliphatic heterocycles. The second kappa shape index (κ2) is 6.23. The highest BCUT2D eigenvalue weighted by Gasteiger charge is 2.06. The number of hydrogen-bond donors (Lipinski definition) is 2. The van der Waals surface area contributed by atoms with Gasteiger partial charge < -0.3 is 10.6 Å². The number of nitrogens with zero attached hydrogens (tertiary/aromatic N) is 1. The van der Waals surface area contributed by atoms with Gasteiger partial charge in [-0.05, 0) is 40.2 Å². The lowest BCUT2D eigenvalue weighted by Crippen LogP contribution is -2.19. The molecule has 0 atom stereocenters. The zero-order valence-corrected chi connectivity index (χ0v) is 12.6. The molecule has 0 saturated carbocycles. The molecule has 4 nitrogen and oxygen atoms in total. The standard InChI is InChI=1S/C12H8BrCl2N3O/c13-8-6-16-4-3-11(8)18-12(19)17-7-1-2-9(14)10(15)5-7/h1-6H,(H2,16,17,18,19). The summed E-state index contributed by atoms with van der Waals surface area (Å²) >= 11 is 14.9. The van der Waals surface area contributed by atoms with Crippen molar-refractivity contribution in [1.82, 2.24) is 4.98 Å². The van der Waals surface area contributed by atoms with E-state index in [2.05, 4.69) is 31.5 Å². The Bertz CT molecular complexity index is 622. The van der Waals surface area contributed by atoms with E-state index in [0.29, 0.717) is 25.9 Å². The van der Waals surface area contributed by atoms with Crippen LogP contribution < -0.4 is 10.6 Å². The van der Waals surface area contributed by atoms with E-state index in [1.807, 2.05) is 0 Å². The second-order valence-electron chi connectivity index (χ2n) is 3.56. The molecule has 1 heterocycles. The van der Waals surface area contributed by atoms with Crippen LogP contribution in [-0.4, -0.2) is 11.0 Å². The highest BCUT2D eigenvalue weighted by Crippen LogP contribution is 2.25. The molecule has 0 aliphatic rings. The first-order valence-electron chi connectivity index (χ1n) is 5.19. The largest absolute Gasteiger partial charge is 0.323 e. The predicted octanol–water partition coefficient (Wildman–Crippen LogP) is 4.79. The molecule has 2 amide bonds.